The van der Waals surface area contributed by atoms with Gasteiger partial charge in [-0.25, -0.2) is 0 Å². The number of hydrogen-bond donors (Lipinski definition) is 1. The molecule has 0 fully saturated rings. The lowest BCUT2D eigenvalue weighted by Crippen LogP contribution is -2.42. The third kappa shape index (κ3) is 6.63. The molecule has 98 valence electrons. The van der Waals surface area contributed by atoms with E-state index in [1.807, 2.05) is 7.05 Å². The lowest BCUT2D eigenvalue weighted by molar-refractivity contribution is 0.180. The van der Waals surface area contributed by atoms with Gasteiger partial charge in [0.05, 0.1) is 0 Å². The van der Waals surface area contributed by atoms with Crippen molar-refractivity contribution >= 4 is 8.56 Å². The zero-order chi connectivity index (χ0) is 12.3. The van der Waals surface area contributed by atoms with E-state index >= 15 is 0 Å². The average Bonchev–Trinajstić information content (AvgIpc) is 2.27. The summed E-state index contributed by atoms with van der Waals surface area (Å²) in [7, 11) is 0.103. The molecule has 3 nitrogen and oxygen atoms in total. The van der Waals surface area contributed by atoms with Gasteiger partial charge in [-0.2, -0.15) is 0 Å². The summed E-state index contributed by atoms with van der Waals surface area (Å²) < 4.78 is 12.0. The van der Waals surface area contributed by atoms with Gasteiger partial charge in [-0.15, -0.1) is 0 Å². The Labute approximate surface area is 102 Å². The molecule has 0 aliphatic heterocycles. The SMILES string of the molecule is CCCC[Si](CCCNC)(OCC)OCC. The maximum Gasteiger partial charge on any atom is 0.338 e. The van der Waals surface area contributed by atoms with E-state index in [1.165, 1.54) is 12.8 Å². The Morgan fingerprint density at radius 2 is 1.50 bits per heavy atom. The van der Waals surface area contributed by atoms with Crippen molar-refractivity contribution < 1.29 is 8.85 Å². The summed E-state index contributed by atoms with van der Waals surface area (Å²) >= 11 is 0. The zero-order valence-corrected chi connectivity index (χ0v) is 12.5. The van der Waals surface area contributed by atoms with Crippen molar-refractivity contribution in [3.8, 4) is 0 Å². The molecule has 0 spiro atoms. The van der Waals surface area contributed by atoms with Gasteiger partial charge in [0.25, 0.3) is 0 Å². The first-order valence-electron chi connectivity index (χ1n) is 6.67. The summed E-state index contributed by atoms with van der Waals surface area (Å²) in [4.78, 5) is 0. The molecule has 0 amide bonds. The highest BCUT2D eigenvalue weighted by Crippen LogP contribution is 2.23. The van der Waals surface area contributed by atoms with Crippen LogP contribution in [0, 0.1) is 0 Å². The van der Waals surface area contributed by atoms with Crippen LogP contribution < -0.4 is 5.32 Å². The molecule has 0 aliphatic rings. The molecule has 1 N–H and O–H groups in total. The predicted octanol–water partition coefficient (Wildman–Crippen LogP) is 2.91. The molecule has 4 heteroatoms. The smallest absolute Gasteiger partial charge is 0.338 e. The summed E-state index contributed by atoms with van der Waals surface area (Å²) in [6.45, 7) is 9.01. The molecule has 0 rings (SSSR count). The molecule has 0 aliphatic carbocycles. The number of unbranched alkanes of at least 4 members (excludes halogenated alkanes) is 1. The first kappa shape index (κ1) is 16.1. The van der Waals surface area contributed by atoms with Gasteiger partial charge in [0.2, 0.25) is 0 Å². The lowest BCUT2D eigenvalue weighted by atomic mass is 10.4. The Hall–Kier alpha value is 0.0969. The van der Waals surface area contributed by atoms with E-state index in [9.17, 15) is 0 Å². The number of rotatable bonds is 11. The average molecular weight is 247 g/mol. The summed E-state index contributed by atoms with van der Waals surface area (Å²) in [6.07, 6.45) is 3.61. The third-order valence-corrected chi connectivity index (χ3v) is 6.57. The van der Waals surface area contributed by atoms with Crippen molar-refractivity contribution in [1.29, 1.82) is 0 Å². The summed E-state index contributed by atoms with van der Waals surface area (Å²) in [5.74, 6) is 0. The van der Waals surface area contributed by atoms with E-state index in [1.54, 1.807) is 0 Å². The molecular formula is C12H29NO2Si. The molecule has 0 bridgehead atoms. The molecule has 0 aromatic heterocycles. The maximum atomic E-state index is 6.01. The topological polar surface area (TPSA) is 30.5 Å². The van der Waals surface area contributed by atoms with Crippen LogP contribution in [0.25, 0.3) is 0 Å². The Morgan fingerprint density at radius 1 is 0.938 bits per heavy atom. The second-order valence-corrected chi connectivity index (χ2v) is 7.49. The van der Waals surface area contributed by atoms with Crippen LogP contribution in [0.1, 0.15) is 40.0 Å². The molecule has 0 atom stereocenters. The largest absolute Gasteiger partial charge is 0.394 e. The molecule has 0 aromatic carbocycles. The third-order valence-electron chi connectivity index (χ3n) is 2.71. The van der Waals surface area contributed by atoms with Crippen molar-refractivity contribution in [2.75, 3.05) is 26.8 Å². The van der Waals surface area contributed by atoms with Gasteiger partial charge < -0.3 is 14.2 Å². The van der Waals surface area contributed by atoms with Crippen LogP contribution in [-0.2, 0) is 8.85 Å². The summed E-state index contributed by atoms with van der Waals surface area (Å²) in [5, 5.41) is 3.19. The minimum Gasteiger partial charge on any atom is -0.394 e. The zero-order valence-electron chi connectivity index (χ0n) is 11.5. The minimum absolute atomic E-state index is 0.787. The minimum atomic E-state index is -1.89. The lowest BCUT2D eigenvalue weighted by Gasteiger charge is -2.30. The van der Waals surface area contributed by atoms with Crippen LogP contribution in [0.4, 0.5) is 0 Å². The fraction of sp³-hybridized carbons (Fsp3) is 1.00. The fourth-order valence-electron chi connectivity index (χ4n) is 1.96. The van der Waals surface area contributed by atoms with Crippen LogP contribution >= 0.6 is 0 Å². The predicted molar refractivity (Wildman–Crippen MR) is 72.1 cm³/mol. The van der Waals surface area contributed by atoms with Crippen molar-refractivity contribution in [1.82, 2.24) is 5.32 Å². The summed E-state index contributed by atoms with van der Waals surface area (Å²) in [5.41, 5.74) is 0. The quantitative estimate of drug-likeness (QED) is 0.450. The highest BCUT2D eigenvalue weighted by Gasteiger charge is 2.35. The molecular weight excluding hydrogens is 218 g/mol. The monoisotopic (exact) mass is 247 g/mol. The van der Waals surface area contributed by atoms with E-state index in [4.69, 9.17) is 8.85 Å². The standard InChI is InChI=1S/C12H29NO2Si/c1-5-8-11-16(14-6-2,15-7-3)12-9-10-13-4/h13H,5-12H2,1-4H3. The summed E-state index contributed by atoms with van der Waals surface area (Å²) in [6, 6.07) is 2.27. The van der Waals surface area contributed by atoms with Crippen LogP contribution in [0.5, 0.6) is 0 Å². The van der Waals surface area contributed by atoms with E-state index in [0.717, 1.165) is 38.3 Å². The number of nitrogens with one attached hydrogen (secondary N) is 1. The molecule has 0 heterocycles. The van der Waals surface area contributed by atoms with E-state index in [2.05, 4.69) is 26.1 Å². The van der Waals surface area contributed by atoms with Crippen LogP contribution in [0.15, 0.2) is 0 Å². The van der Waals surface area contributed by atoms with Crippen LogP contribution in [-0.4, -0.2) is 35.4 Å². The van der Waals surface area contributed by atoms with Crippen molar-refractivity contribution in [2.45, 2.75) is 52.1 Å². The Kier molecular flexibility index (Phi) is 10.3. The first-order chi connectivity index (χ1) is 7.74. The first-order valence-corrected chi connectivity index (χ1v) is 8.90. The van der Waals surface area contributed by atoms with Crippen molar-refractivity contribution in [3.63, 3.8) is 0 Å². The molecule has 0 aromatic rings. The Morgan fingerprint density at radius 3 is 1.94 bits per heavy atom. The van der Waals surface area contributed by atoms with Crippen LogP contribution in [0.2, 0.25) is 12.1 Å². The van der Waals surface area contributed by atoms with Gasteiger partial charge in [-0.3, -0.25) is 0 Å². The number of hydrogen-bond acceptors (Lipinski definition) is 3. The Balaban J connectivity index is 4.24. The van der Waals surface area contributed by atoms with E-state index in [0.29, 0.717) is 0 Å². The molecule has 0 saturated heterocycles. The molecule has 16 heavy (non-hydrogen) atoms. The normalized spacial score (nSPS) is 12.0. The van der Waals surface area contributed by atoms with Gasteiger partial charge in [0.1, 0.15) is 0 Å². The van der Waals surface area contributed by atoms with Gasteiger partial charge in [0, 0.05) is 13.2 Å². The van der Waals surface area contributed by atoms with E-state index < -0.39 is 8.56 Å². The van der Waals surface area contributed by atoms with Gasteiger partial charge >= 0.3 is 8.56 Å². The van der Waals surface area contributed by atoms with Crippen LogP contribution in [0.3, 0.4) is 0 Å². The van der Waals surface area contributed by atoms with Gasteiger partial charge in [-0.05, 0) is 45.9 Å². The molecule has 0 saturated carbocycles. The fourth-order valence-corrected chi connectivity index (χ4v) is 5.53. The van der Waals surface area contributed by atoms with Crippen molar-refractivity contribution in [3.05, 3.63) is 0 Å². The van der Waals surface area contributed by atoms with Gasteiger partial charge in [-0.1, -0.05) is 19.8 Å². The molecule has 0 radical (unpaired) electrons. The molecule has 0 unspecified atom stereocenters. The maximum absolute atomic E-state index is 6.01. The van der Waals surface area contributed by atoms with Gasteiger partial charge in [0.15, 0.2) is 0 Å². The van der Waals surface area contributed by atoms with E-state index in [-0.39, 0.29) is 0 Å². The highest BCUT2D eigenvalue weighted by molar-refractivity contribution is 6.67. The second-order valence-electron chi connectivity index (χ2n) is 4.09. The Bertz CT molecular complexity index is 150. The highest BCUT2D eigenvalue weighted by atomic mass is 28.4. The van der Waals surface area contributed by atoms with Crippen molar-refractivity contribution in [2.24, 2.45) is 0 Å². The second kappa shape index (κ2) is 10.3.